The third-order valence-corrected chi connectivity index (χ3v) is 2.49. The zero-order valence-electron chi connectivity index (χ0n) is 10.7. The summed E-state index contributed by atoms with van der Waals surface area (Å²) in [4.78, 5) is 0. The normalized spacial score (nSPS) is 11.9. The number of unbranched alkanes of at least 4 members (excludes halogenated alkanes) is 6. The minimum absolute atomic E-state index is 1.25. The van der Waals surface area contributed by atoms with E-state index >= 15 is 0 Å². The summed E-state index contributed by atoms with van der Waals surface area (Å²) in [7, 11) is 0. The average Bonchev–Trinajstić information content (AvgIpc) is 2.26. The van der Waals surface area contributed by atoms with Gasteiger partial charge in [0, 0.05) is 0 Å². The number of rotatable bonds is 10. The van der Waals surface area contributed by atoms with Crippen molar-refractivity contribution in [1.82, 2.24) is 0 Å². The molecule has 0 heterocycles. The van der Waals surface area contributed by atoms with E-state index in [4.69, 9.17) is 0 Å². The van der Waals surface area contributed by atoms with Gasteiger partial charge in [-0.05, 0) is 38.5 Å². The molecular formula is C15H28. The van der Waals surface area contributed by atoms with Gasteiger partial charge in [-0.2, -0.15) is 0 Å². The van der Waals surface area contributed by atoms with E-state index in [2.05, 4.69) is 38.2 Å². The van der Waals surface area contributed by atoms with E-state index in [1.807, 2.05) is 0 Å². The second-order valence-electron chi connectivity index (χ2n) is 4.16. The van der Waals surface area contributed by atoms with Crippen LogP contribution in [0, 0.1) is 0 Å². The second-order valence-corrected chi connectivity index (χ2v) is 4.16. The molecule has 0 spiro atoms. The Bertz CT molecular complexity index is 135. The third-order valence-electron chi connectivity index (χ3n) is 2.49. The molecule has 0 radical (unpaired) electrons. The Morgan fingerprint density at radius 3 is 1.33 bits per heavy atom. The zero-order valence-corrected chi connectivity index (χ0v) is 10.7. The minimum atomic E-state index is 1.25. The third kappa shape index (κ3) is 13.5. The molecule has 0 aliphatic rings. The second kappa shape index (κ2) is 13.5. The Balaban J connectivity index is 3.04. The Kier molecular flexibility index (Phi) is 13.0. The van der Waals surface area contributed by atoms with Crippen molar-refractivity contribution in [3.8, 4) is 0 Å². The van der Waals surface area contributed by atoms with E-state index < -0.39 is 0 Å². The summed E-state index contributed by atoms with van der Waals surface area (Å²) in [5.41, 5.74) is 0. The van der Waals surface area contributed by atoms with Crippen LogP contribution in [0.2, 0.25) is 0 Å². The Morgan fingerprint density at radius 1 is 0.533 bits per heavy atom. The van der Waals surface area contributed by atoms with Gasteiger partial charge in [-0.3, -0.25) is 0 Å². The average molecular weight is 208 g/mol. The lowest BCUT2D eigenvalue weighted by Gasteiger charge is -1.95. The van der Waals surface area contributed by atoms with Gasteiger partial charge in [-0.25, -0.2) is 0 Å². The van der Waals surface area contributed by atoms with Gasteiger partial charge in [0.25, 0.3) is 0 Å². The molecule has 0 aromatic heterocycles. The van der Waals surface area contributed by atoms with Crippen LogP contribution in [-0.2, 0) is 0 Å². The van der Waals surface area contributed by atoms with Gasteiger partial charge in [0.2, 0.25) is 0 Å². The van der Waals surface area contributed by atoms with Crippen LogP contribution in [0.4, 0.5) is 0 Å². The van der Waals surface area contributed by atoms with Crippen molar-refractivity contribution in [3.05, 3.63) is 24.3 Å². The summed E-state index contributed by atoms with van der Waals surface area (Å²) in [6, 6.07) is 0. The summed E-state index contributed by atoms with van der Waals surface area (Å²) in [5.74, 6) is 0. The van der Waals surface area contributed by atoms with Crippen LogP contribution in [0.1, 0.15) is 71.6 Å². The first kappa shape index (κ1) is 14.5. The molecule has 0 aliphatic carbocycles. The lowest BCUT2D eigenvalue weighted by atomic mass is 10.1. The van der Waals surface area contributed by atoms with Crippen LogP contribution in [-0.4, -0.2) is 0 Å². The maximum atomic E-state index is 2.34. The highest BCUT2D eigenvalue weighted by atomic mass is 13.9. The summed E-state index contributed by atoms with van der Waals surface area (Å²) < 4.78 is 0. The van der Waals surface area contributed by atoms with Crippen molar-refractivity contribution >= 4 is 0 Å². The van der Waals surface area contributed by atoms with Gasteiger partial charge in [-0.1, -0.05) is 57.4 Å². The summed E-state index contributed by atoms with van der Waals surface area (Å²) in [5, 5.41) is 0. The molecule has 0 saturated heterocycles. The van der Waals surface area contributed by atoms with Gasteiger partial charge in [-0.15, -0.1) is 0 Å². The first-order valence-corrected chi connectivity index (χ1v) is 6.71. The monoisotopic (exact) mass is 208 g/mol. The van der Waals surface area contributed by atoms with Crippen molar-refractivity contribution in [3.63, 3.8) is 0 Å². The highest BCUT2D eigenvalue weighted by molar-refractivity contribution is 4.82. The molecular weight excluding hydrogens is 180 g/mol. The van der Waals surface area contributed by atoms with Crippen LogP contribution >= 0.6 is 0 Å². The van der Waals surface area contributed by atoms with E-state index in [0.717, 1.165) is 0 Å². The highest BCUT2D eigenvalue weighted by Gasteiger charge is 1.85. The minimum Gasteiger partial charge on any atom is -0.0885 e. The summed E-state index contributed by atoms with van der Waals surface area (Å²) >= 11 is 0. The zero-order chi connectivity index (χ0) is 11.2. The van der Waals surface area contributed by atoms with Gasteiger partial charge in [0.1, 0.15) is 0 Å². The Morgan fingerprint density at radius 2 is 0.933 bits per heavy atom. The van der Waals surface area contributed by atoms with E-state index in [-0.39, 0.29) is 0 Å². The molecule has 0 nitrogen and oxygen atoms in total. The van der Waals surface area contributed by atoms with Crippen LogP contribution < -0.4 is 0 Å². The van der Waals surface area contributed by atoms with Crippen molar-refractivity contribution in [1.29, 1.82) is 0 Å². The van der Waals surface area contributed by atoms with Crippen LogP contribution in [0.5, 0.6) is 0 Å². The van der Waals surface area contributed by atoms with Crippen LogP contribution in [0.3, 0.4) is 0 Å². The molecule has 0 rings (SSSR count). The predicted molar refractivity (Wildman–Crippen MR) is 71.2 cm³/mol. The number of allylic oxidation sites excluding steroid dienone is 4. The van der Waals surface area contributed by atoms with E-state index in [9.17, 15) is 0 Å². The van der Waals surface area contributed by atoms with E-state index in [1.54, 1.807) is 0 Å². The van der Waals surface area contributed by atoms with E-state index in [0.29, 0.717) is 0 Å². The fourth-order valence-electron chi connectivity index (χ4n) is 1.51. The van der Waals surface area contributed by atoms with Gasteiger partial charge >= 0.3 is 0 Å². The Labute approximate surface area is 96.5 Å². The maximum Gasteiger partial charge on any atom is -0.0351 e. The lowest BCUT2D eigenvalue weighted by Crippen LogP contribution is -1.75. The fraction of sp³-hybridized carbons (Fsp3) is 0.733. The van der Waals surface area contributed by atoms with Crippen molar-refractivity contribution in [2.45, 2.75) is 71.6 Å². The topological polar surface area (TPSA) is 0 Å². The molecule has 88 valence electrons. The first-order chi connectivity index (χ1) is 7.41. The van der Waals surface area contributed by atoms with Crippen LogP contribution in [0.15, 0.2) is 24.3 Å². The summed E-state index contributed by atoms with van der Waals surface area (Å²) in [6.07, 6.45) is 21.0. The molecule has 0 saturated carbocycles. The predicted octanol–water partition coefficient (Wildman–Crippen LogP) is 5.65. The molecule has 0 N–H and O–H groups in total. The molecule has 0 atom stereocenters. The highest BCUT2D eigenvalue weighted by Crippen LogP contribution is 2.05. The van der Waals surface area contributed by atoms with E-state index in [1.165, 1.54) is 57.8 Å². The lowest BCUT2D eigenvalue weighted by molar-refractivity contribution is 0.694. The number of hydrogen-bond donors (Lipinski definition) is 0. The van der Waals surface area contributed by atoms with Crippen molar-refractivity contribution < 1.29 is 0 Å². The molecule has 0 aliphatic heterocycles. The van der Waals surface area contributed by atoms with Gasteiger partial charge in [0.05, 0.1) is 0 Å². The largest absolute Gasteiger partial charge is 0.0885 e. The maximum absolute atomic E-state index is 2.34. The van der Waals surface area contributed by atoms with Crippen LogP contribution in [0.25, 0.3) is 0 Å². The van der Waals surface area contributed by atoms with Crippen molar-refractivity contribution in [2.75, 3.05) is 0 Å². The van der Waals surface area contributed by atoms with Gasteiger partial charge in [0.15, 0.2) is 0 Å². The molecule has 0 unspecified atom stereocenters. The molecule has 0 fully saturated rings. The summed E-state index contributed by atoms with van der Waals surface area (Å²) in [6.45, 7) is 4.46. The number of hydrogen-bond acceptors (Lipinski definition) is 0. The standard InChI is InChI=1S/C15H28/c1-3-5-7-9-11-13-15-14-12-10-8-6-4-2/h7-10H,3-6,11-15H2,1-2H3. The quantitative estimate of drug-likeness (QED) is 0.321. The molecule has 0 bridgehead atoms. The smallest absolute Gasteiger partial charge is 0.0351 e. The molecule has 0 aromatic carbocycles. The van der Waals surface area contributed by atoms with Crippen molar-refractivity contribution in [2.24, 2.45) is 0 Å². The molecule has 0 aromatic rings. The Hall–Kier alpha value is -0.520. The molecule has 15 heavy (non-hydrogen) atoms. The SMILES string of the molecule is CCCC=CCCCCCC=CCCC. The fourth-order valence-corrected chi connectivity index (χ4v) is 1.51. The molecule has 0 amide bonds. The molecule has 0 heteroatoms. The first-order valence-electron chi connectivity index (χ1n) is 6.71. The van der Waals surface area contributed by atoms with Gasteiger partial charge < -0.3 is 0 Å².